The third kappa shape index (κ3) is 3.88. The molecule has 7 heteroatoms. The maximum Gasteiger partial charge on any atom is 0.237 e. The van der Waals surface area contributed by atoms with Crippen LogP contribution in [0, 0.1) is 12.7 Å². The van der Waals surface area contributed by atoms with Gasteiger partial charge in [0.15, 0.2) is 5.16 Å². The first-order valence-electron chi connectivity index (χ1n) is 7.76. The van der Waals surface area contributed by atoms with E-state index < -0.39 is 11.1 Å². The zero-order chi connectivity index (χ0) is 17.8. The molecule has 3 aromatic rings. The third-order valence-electron chi connectivity index (χ3n) is 3.59. The van der Waals surface area contributed by atoms with Crippen LogP contribution >= 0.6 is 11.8 Å². The molecule has 25 heavy (non-hydrogen) atoms. The van der Waals surface area contributed by atoms with E-state index in [2.05, 4.69) is 15.5 Å². The van der Waals surface area contributed by atoms with E-state index in [0.29, 0.717) is 5.16 Å². The van der Waals surface area contributed by atoms with Crippen molar-refractivity contribution in [3.8, 4) is 5.69 Å². The van der Waals surface area contributed by atoms with Gasteiger partial charge in [0.25, 0.3) is 0 Å². The molecule has 1 atom stereocenters. The van der Waals surface area contributed by atoms with Crippen LogP contribution in [0.5, 0.6) is 0 Å². The second-order valence-electron chi connectivity index (χ2n) is 5.43. The fourth-order valence-corrected chi connectivity index (χ4v) is 3.22. The predicted molar refractivity (Wildman–Crippen MR) is 96.4 cm³/mol. The Balaban J connectivity index is 1.77. The van der Waals surface area contributed by atoms with E-state index in [1.54, 1.807) is 19.1 Å². The van der Waals surface area contributed by atoms with Crippen LogP contribution in [0.1, 0.15) is 12.7 Å². The van der Waals surface area contributed by atoms with Crippen LogP contribution < -0.4 is 5.32 Å². The molecule has 0 saturated heterocycles. The number of thioether (sulfide) groups is 1. The second-order valence-corrected chi connectivity index (χ2v) is 6.74. The molecule has 0 aliphatic heterocycles. The first kappa shape index (κ1) is 17.2. The van der Waals surface area contributed by atoms with Gasteiger partial charge in [0.05, 0.1) is 10.9 Å². The van der Waals surface area contributed by atoms with Crippen molar-refractivity contribution in [2.75, 3.05) is 5.32 Å². The zero-order valence-electron chi connectivity index (χ0n) is 13.8. The van der Waals surface area contributed by atoms with Gasteiger partial charge >= 0.3 is 0 Å². The Labute approximate surface area is 149 Å². The Bertz CT molecular complexity index is 882. The van der Waals surface area contributed by atoms with Gasteiger partial charge in [-0.3, -0.25) is 9.36 Å². The van der Waals surface area contributed by atoms with Crippen molar-refractivity contribution in [2.45, 2.75) is 24.3 Å². The highest BCUT2D eigenvalue weighted by Crippen LogP contribution is 2.26. The van der Waals surface area contributed by atoms with Crippen molar-refractivity contribution >= 4 is 23.4 Å². The first-order valence-corrected chi connectivity index (χ1v) is 8.63. The van der Waals surface area contributed by atoms with Gasteiger partial charge in [-0.15, -0.1) is 10.2 Å². The lowest BCUT2D eigenvalue weighted by molar-refractivity contribution is -0.115. The molecule has 128 valence electrons. The molecule has 0 aliphatic rings. The lowest BCUT2D eigenvalue weighted by atomic mass is 10.3. The second kappa shape index (κ2) is 7.48. The lowest BCUT2D eigenvalue weighted by Gasteiger charge is -2.13. The molecule has 0 fully saturated rings. The number of benzene rings is 2. The summed E-state index contributed by atoms with van der Waals surface area (Å²) in [6.45, 7) is 3.61. The number of carbonyl (C=O) groups is 1. The average Bonchev–Trinajstić information content (AvgIpc) is 2.98. The summed E-state index contributed by atoms with van der Waals surface area (Å²) in [5.74, 6) is -0.0258. The number of para-hydroxylation sites is 2. The number of rotatable bonds is 5. The molecule has 5 nitrogen and oxygen atoms in total. The van der Waals surface area contributed by atoms with Crippen LogP contribution in [0.2, 0.25) is 0 Å². The van der Waals surface area contributed by atoms with Gasteiger partial charge in [-0.05, 0) is 38.1 Å². The molecule has 2 aromatic carbocycles. The number of nitrogens with zero attached hydrogens (tertiary/aromatic N) is 3. The number of aryl methyl sites for hydroxylation is 1. The van der Waals surface area contributed by atoms with Gasteiger partial charge in [-0.2, -0.15) is 0 Å². The fraction of sp³-hybridized carbons (Fsp3) is 0.167. The van der Waals surface area contributed by atoms with E-state index in [9.17, 15) is 9.18 Å². The van der Waals surface area contributed by atoms with Crippen molar-refractivity contribution in [1.29, 1.82) is 0 Å². The van der Waals surface area contributed by atoms with E-state index in [1.807, 2.05) is 41.8 Å². The molecule has 1 amide bonds. The Morgan fingerprint density at radius 3 is 2.52 bits per heavy atom. The fourth-order valence-electron chi connectivity index (χ4n) is 2.30. The smallest absolute Gasteiger partial charge is 0.237 e. The molecule has 1 heterocycles. The number of halogens is 1. The Morgan fingerprint density at radius 1 is 1.12 bits per heavy atom. The van der Waals surface area contributed by atoms with Crippen molar-refractivity contribution < 1.29 is 9.18 Å². The van der Waals surface area contributed by atoms with E-state index in [1.165, 1.54) is 23.9 Å². The minimum absolute atomic E-state index is 0.167. The van der Waals surface area contributed by atoms with Gasteiger partial charge in [-0.1, -0.05) is 42.1 Å². The summed E-state index contributed by atoms with van der Waals surface area (Å²) in [7, 11) is 0. The highest BCUT2D eigenvalue weighted by Gasteiger charge is 2.20. The summed E-state index contributed by atoms with van der Waals surface area (Å²) in [6, 6.07) is 15.8. The molecule has 1 aromatic heterocycles. The van der Waals surface area contributed by atoms with Gasteiger partial charge in [0.1, 0.15) is 11.6 Å². The van der Waals surface area contributed by atoms with Crippen LogP contribution in [-0.2, 0) is 4.79 Å². The molecule has 0 radical (unpaired) electrons. The quantitative estimate of drug-likeness (QED) is 0.706. The Hall–Kier alpha value is -2.67. The summed E-state index contributed by atoms with van der Waals surface area (Å²) in [4.78, 5) is 12.4. The van der Waals surface area contributed by atoms with Crippen LogP contribution in [0.25, 0.3) is 5.69 Å². The van der Waals surface area contributed by atoms with Gasteiger partial charge < -0.3 is 5.32 Å². The molecule has 1 N–H and O–H groups in total. The summed E-state index contributed by atoms with van der Waals surface area (Å²) in [6.07, 6.45) is 0. The Morgan fingerprint density at radius 2 is 1.80 bits per heavy atom. The largest absolute Gasteiger partial charge is 0.323 e. The summed E-state index contributed by atoms with van der Waals surface area (Å²) in [5, 5.41) is 11.0. The van der Waals surface area contributed by atoms with Crippen LogP contribution in [0.15, 0.2) is 59.8 Å². The maximum absolute atomic E-state index is 13.7. The molecule has 0 saturated carbocycles. The highest BCUT2D eigenvalue weighted by atomic mass is 32.2. The zero-order valence-corrected chi connectivity index (χ0v) is 14.6. The summed E-state index contributed by atoms with van der Waals surface area (Å²) >= 11 is 1.27. The minimum Gasteiger partial charge on any atom is -0.323 e. The predicted octanol–water partition coefficient (Wildman–Crippen LogP) is 3.83. The van der Waals surface area contributed by atoms with Gasteiger partial charge in [0, 0.05) is 5.69 Å². The monoisotopic (exact) mass is 356 g/mol. The number of anilines is 1. The number of amides is 1. The lowest BCUT2D eigenvalue weighted by Crippen LogP contribution is -2.23. The third-order valence-corrected chi connectivity index (χ3v) is 4.64. The number of hydrogen-bond donors (Lipinski definition) is 1. The Kier molecular flexibility index (Phi) is 5.14. The van der Waals surface area contributed by atoms with Crippen LogP contribution in [0.4, 0.5) is 10.1 Å². The minimum atomic E-state index is -0.467. The van der Waals surface area contributed by atoms with Crippen molar-refractivity contribution in [3.05, 3.63) is 66.2 Å². The first-order chi connectivity index (χ1) is 12.1. The number of hydrogen-bond acceptors (Lipinski definition) is 4. The normalized spacial score (nSPS) is 12.0. The van der Waals surface area contributed by atoms with E-state index in [-0.39, 0.29) is 11.6 Å². The molecule has 3 rings (SSSR count). The average molecular weight is 356 g/mol. The number of nitrogens with one attached hydrogen (secondary N) is 1. The van der Waals surface area contributed by atoms with Crippen molar-refractivity contribution in [3.63, 3.8) is 0 Å². The summed E-state index contributed by atoms with van der Waals surface area (Å²) < 4.78 is 15.6. The molecule has 0 bridgehead atoms. The van der Waals surface area contributed by atoms with Gasteiger partial charge in [-0.25, -0.2) is 4.39 Å². The van der Waals surface area contributed by atoms with E-state index >= 15 is 0 Å². The number of carbonyl (C=O) groups excluding carboxylic acids is 1. The van der Waals surface area contributed by atoms with E-state index in [4.69, 9.17) is 0 Å². The van der Waals surface area contributed by atoms with Gasteiger partial charge in [0.2, 0.25) is 5.91 Å². The van der Waals surface area contributed by atoms with Crippen LogP contribution in [-0.4, -0.2) is 25.9 Å². The molecule has 0 spiro atoms. The highest BCUT2D eigenvalue weighted by molar-refractivity contribution is 8.00. The molecule has 0 unspecified atom stereocenters. The molecular weight excluding hydrogens is 339 g/mol. The SMILES string of the molecule is Cc1nnc(S[C@H](C)C(=O)Nc2ccccc2F)n1-c1ccccc1. The number of aromatic nitrogens is 3. The standard InChI is InChI=1S/C18H17FN4OS/c1-12(17(24)20-16-11-7-6-10-15(16)19)25-18-22-21-13(2)23(18)14-8-4-3-5-9-14/h3-12H,1-2H3,(H,20,24)/t12-/m1/s1. The van der Waals surface area contributed by atoms with Crippen LogP contribution in [0.3, 0.4) is 0 Å². The topological polar surface area (TPSA) is 59.8 Å². The maximum atomic E-state index is 13.7. The van der Waals surface area contributed by atoms with Crippen molar-refractivity contribution in [2.24, 2.45) is 0 Å². The molecular formula is C18H17FN4OS. The summed E-state index contributed by atoms with van der Waals surface area (Å²) in [5.41, 5.74) is 1.09. The molecule has 0 aliphatic carbocycles. The van der Waals surface area contributed by atoms with E-state index in [0.717, 1.165) is 11.5 Å². The van der Waals surface area contributed by atoms with Crippen molar-refractivity contribution in [1.82, 2.24) is 14.8 Å².